The molecule has 382 valence electrons. The lowest BCUT2D eigenvalue weighted by Gasteiger charge is -2.18. The smallest absolute Gasteiger partial charge is 0.306 e. The molecule has 0 aromatic rings. The van der Waals surface area contributed by atoms with Crippen LogP contribution in [0.15, 0.2) is 170 Å². The van der Waals surface area contributed by atoms with E-state index in [1.54, 1.807) is 0 Å². The fourth-order valence-corrected chi connectivity index (χ4v) is 6.33. The molecule has 0 saturated carbocycles. The van der Waals surface area contributed by atoms with Crippen molar-refractivity contribution in [3.8, 4) is 0 Å². The summed E-state index contributed by atoms with van der Waals surface area (Å²) in [6.07, 6.45) is 82.0. The summed E-state index contributed by atoms with van der Waals surface area (Å²) in [5, 5.41) is 0. The van der Waals surface area contributed by atoms with Gasteiger partial charge in [0, 0.05) is 19.3 Å². The molecular weight excluding hydrogens is 853 g/mol. The first-order chi connectivity index (χ1) is 34.0. The Morgan fingerprint density at radius 1 is 0.290 bits per heavy atom. The number of allylic oxidation sites excluding steroid dienone is 28. The number of hydrogen-bond donors (Lipinski definition) is 0. The summed E-state index contributed by atoms with van der Waals surface area (Å²) in [6.45, 7) is 6.15. The predicted molar refractivity (Wildman–Crippen MR) is 297 cm³/mol. The molecule has 0 radical (unpaired) electrons. The summed E-state index contributed by atoms with van der Waals surface area (Å²) < 4.78 is 16.7. The summed E-state index contributed by atoms with van der Waals surface area (Å²) >= 11 is 0. The monoisotopic (exact) mass is 947 g/mol. The highest BCUT2D eigenvalue weighted by atomic mass is 16.6. The Morgan fingerprint density at radius 3 is 0.855 bits per heavy atom. The van der Waals surface area contributed by atoms with Crippen LogP contribution in [-0.4, -0.2) is 37.2 Å². The van der Waals surface area contributed by atoms with Crippen LogP contribution in [0.3, 0.4) is 0 Å². The van der Waals surface area contributed by atoms with Gasteiger partial charge in [-0.05, 0) is 135 Å². The first-order valence-electron chi connectivity index (χ1n) is 26.6. The third kappa shape index (κ3) is 53.6. The Hall–Kier alpha value is -5.23. The zero-order valence-corrected chi connectivity index (χ0v) is 43.5. The number of carbonyl (C=O) groups is 3. The number of rotatable bonds is 45. The fourth-order valence-electron chi connectivity index (χ4n) is 6.33. The maximum atomic E-state index is 12.8. The lowest BCUT2D eigenvalue weighted by molar-refractivity contribution is -0.167. The van der Waals surface area contributed by atoms with E-state index in [9.17, 15) is 14.4 Å². The molecule has 1 unspecified atom stereocenters. The van der Waals surface area contributed by atoms with Crippen LogP contribution in [0, 0.1) is 0 Å². The van der Waals surface area contributed by atoms with Crippen molar-refractivity contribution >= 4 is 17.9 Å². The van der Waals surface area contributed by atoms with Gasteiger partial charge in [0.1, 0.15) is 13.2 Å². The van der Waals surface area contributed by atoms with E-state index in [-0.39, 0.29) is 38.0 Å². The van der Waals surface area contributed by atoms with E-state index in [1.165, 1.54) is 0 Å². The lowest BCUT2D eigenvalue weighted by atomic mass is 10.1. The fraction of sp³-hybridized carbons (Fsp3) is 0.508. The molecule has 0 heterocycles. The summed E-state index contributed by atoms with van der Waals surface area (Å²) in [7, 11) is 0. The third-order valence-electron chi connectivity index (χ3n) is 10.2. The van der Waals surface area contributed by atoms with Gasteiger partial charge in [-0.15, -0.1) is 0 Å². The van der Waals surface area contributed by atoms with Gasteiger partial charge in [-0.1, -0.05) is 204 Å². The maximum Gasteiger partial charge on any atom is 0.306 e. The summed E-state index contributed by atoms with van der Waals surface area (Å²) in [4.78, 5) is 38.1. The number of carbonyl (C=O) groups excluding carboxylic acids is 3. The summed E-state index contributed by atoms with van der Waals surface area (Å²) in [5.41, 5.74) is 0. The van der Waals surface area contributed by atoms with Crippen LogP contribution < -0.4 is 0 Å². The van der Waals surface area contributed by atoms with Crippen molar-refractivity contribution < 1.29 is 28.6 Å². The molecule has 0 spiro atoms. The molecule has 0 amide bonds. The molecule has 1 atom stereocenters. The SMILES string of the molecule is CC/C=C\C/C=C\C/C=C\C/C=C\C/C=C\CCCC(=O)OCC(COC(=O)CCCCCC/C=C\C/C=C\C/C=C\C/C=C\CC)OC(=O)CCC/C=C\C/C=C\C/C=C\C/C=C\C/C=C\CC. The Labute approximate surface area is 422 Å². The largest absolute Gasteiger partial charge is 0.462 e. The van der Waals surface area contributed by atoms with Crippen molar-refractivity contribution in [2.45, 2.75) is 194 Å². The highest BCUT2D eigenvalue weighted by Crippen LogP contribution is 2.10. The second-order valence-electron chi connectivity index (χ2n) is 16.6. The molecule has 0 rings (SSSR count). The number of unbranched alkanes of at least 4 members (excludes halogenated alkanes) is 6. The first-order valence-corrected chi connectivity index (χ1v) is 26.6. The topological polar surface area (TPSA) is 78.9 Å². The van der Waals surface area contributed by atoms with Crippen LogP contribution in [0.25, 0.3) is 0 Å². The molecule has 0 saturated heterocycles. The average molecular weight is 947 g/mol. The molecule has 0 aliphatic carbocycles. The molecule has 69 heavy (non-hydrogen) atoms. The molecule has 0 bridgehead atoms. The Kier molecular flexibility index (Phi) is 51.2. The van der Waals surface area contributed by atoms with E-state index in [2.05, 4.69) is 191 Å². The van der Waals surface area contributed by atoms with Crippen LogP contribution in [0.1, 0.15) is 188 Å². The minimum Gasteiger partial charge on any atom is -0.462 e. The molecule has 0 fully saturated rings. The number of ether oxygens (including phenoxy) is 3. The van der Waals surface area contributed by atoms with E-state index >= 15 is 0 Å². The van der Waals surface area contributed by atoms with E-state index in [0.717, 1.165) is 135 Å². The second kappa shape index (κ2) is 55.4. The highest BCUT2D eigenvalue weighted by Gasteiger charge is 2.19. The van der Waals surface area contributed by atoms with Crippen molar-refractivity contribution in [2.24, 2.45) is 0 Å². The molecule has 0 N–H and O–H groups in total. The van der Waals surface area contributed by atoms with E-state index in [4.69, 9.17) is 14.2 Å². The van der Waals surface area contributed by atoms with Crippen molar-refractivity contribution in [1.82, 2.24) is 0 Å². The van der Waals surface area contributed by atoms with Gasteiger partial charge in [0.25, 0.3) is 0 Å². The average Bonchev–Trinajstić information content (AvgIpc) is 3.35. The number of hydrogen-bond acceptors (Lipinski definition) is 6. The van der Waals surface area contributed by atoms with Crippen LogP contribution in [0.5, 0.6) is 0 Å². The molecule has 0 aliphatic heterocycles. The molecule has 0 aromatic heterocycles. The lowest BCUT2D eigenvalue weighted by Crippen LogP contribution is -2.30. The molecule has 0 aromatic carbocycles. The minimum atomic E-state index is -0.851. The normalized spacial score (nSPS) is 13.5. The standard InChI is InChI=1S/C63H94O6/c1-4-7-10-13-16-19-22-25-28-31-34-37-40-43-46-49-52-55-61(64)67-58-60(69-63(66)57-54-51-48-45-42-39-36-33-30-27-24-21-18-15-12-9-6-3)59-68-62(65)56-53-50-47-44-41-38-35-32-29-26-23-20-17-14-11-8-5-2/h7-12,16-21,25-30,34-39,43,45-46,48,60H,4-6,13-15,22-24,31-33,40-42,44,47,49-59H2,1-3H3/b10-7-,11-8-,12-9-,19-16-,20-17-,21-18-,28-25-,29-26-,30-27-,37-34-,38-35-,39-36-,46-43-,48-45-. The first kappa shape index (κ1) is 63.8. The van der Waals surface area contributed by atoms with Gasteiger partial charge in [0.2, 0.25) is 0 Å². The summed E-state index contributed by atoms with van der Waals surface area (Å²) in [6, 6.07) is 0. The molecular formula is C63H94O6. The van der Waals surface area contributed by atoms with Gasteiger partial charge in [-0.3, -0.25) is 14.4 Å². The zero-order valence-electron chi connectivity index (χ0n) is 43.5. The van der Waals surface area contributed by atoms with Gasteiger partial charge in [0.15, 0.2) is 6.10 Å². The number of esters is 3. The van der Waals surface area contributed by atoms with Crippen LogP contribution in [0.2, 0.25) is 0 Å². The van der Waals surface area contributed by atoms with Crippen LogP contribution in [0.4, 0.5) is 0 Å². The quantitative estimate of drug-likeness (QED) is 0.0262. The highest BCUT2D eigenvalue weighted by molar-refractivity contribution is 5.71. The van der Waals surface area contributed by atoms with Gasteiger partial charge in [-0.25, -0.2) is 0 Å². The van der Waals surface area contributed by atoms with Crippen molar-refractivity contribution in [2.75, 3.05) is 13.2 Å². The van der Waals surface area contributed by atoms with Crippen molar-refractivity contribution in [3.05, 3.63) is 170 Å². The van der Waals surface area contributed by atoms with Gasteiger partial charge in [0.05, 0.1) is 0 Å². The summed E-state index contributed by atoms with van der Waals surface area (Å²) in [5.74, 6) is -1.10. The van der Waals surface area contributed by atoms with Crippen LogP contribution >= 0.6 is 0 Å². The van der Waals surface area contributed by atoms with Crippen molar-refractivity contribution in [3.63, 3.8) is 0 Å². The Bertz CT molecular complexity index is 1650. The van der Waals surface area contributed by atoms with E-state index in [1.807, 2.05) is 0 Å². The maximum absolute atomic E-state index is 12.8. The minimum absolute atomic E-state index is 0.140. The molecule has 6 nitrogen and oxygen atoms in total. The van der Waals surface area contributed by atoms with E-state index < -0.39 is 12.1 Å². The molecule has 6 heteroatoms. The zero-order chi connectivity index (χ0) is 50.0. The van der Waals surface area contributed by atoms with Crippen molar-refractivity contribution in [1.29, 1.82) is 0 Å². The predicted octanol–water partition coefficient (Wildman–Crippen LogP) is 18.0. The van der Waals surface area contributed by atoms with Gasteiger partial charge in [-0.2, -0.15) is 0 Å². The second-order valence-corrected chi connectivity index (χ2v) is 16.6. The van der Waals surface area contributed by atoms with E-state index in [0.29, 0.717) is 19.3 Å². The van der Waals surface area contributed by atoms with Gasteiger partial charge < -0.3 is 14.2 Å². The van der Waals surface area contributed by atoms with Gasteiger partial charge >= 0.3 is 17.9 Å². The Morgan fingerprint density at radius 2 is 0.536 bits per heavy atom. The Balaban J connectivity index is 4.66. The third-order valence-corrected chi connectivity index (χ3v) is 10.2. The van der Waals surface area contributed by atoms with Crippen LogP contribution in [-0.2, 0) is 28.6 Å². The molecule has 0 aliphatic rings.